The number of nitrogens with one attached hydrogen (secondary N) is 1. The summed E-state index contributed by atoms with van der Waals surface area (Å²) >= 11 is 0. The van der Waals surface area contributed by atoms with E-state index in [9.17, 15) is 14.7 Å². The number of carbonyl (C=O) groups excluding carboxylic acids is 2. The van der Waals surface area contributed by atoms with Crippen LogP contribution < -0.4 is 10.2 Å². The first-order valence-electron chi connectivity index (χ1n) is 6.95. The van der Waals surface area contributed by atoms with Crippen molar-refractivity contribution in [2.24, 2.45) is 0 Å². The Morgan fingerprint density at radius 3 is 2.70 bits per heavy atom. The Morgan fingerprint density at radius 1 is 1.35 bits per heavy atom. The number of hydrogen-bond acceptors (Lipinski definition) is 4. The van der Waals surface area contributed by atoms with Crippen LogP contribution in [0.5, 0.6) is 0 Å². The zero-order valence-corrected chi connectivity index (χ0v) is 11.8. The SMILES string of the molecule is CCC(O)c1ccccc1N1CC(=O)NC(=O)C1CC. The molecular formula is C15H20N2O3. The highest BCUT2D eigenvalue weighted by molar-refractivity contribution is 6.04. The second-order valence-electron chi connectivity index (χ2n) is 4.95. The Kier molecular flexibility index (Phi) is 4.39. The lowest BCUT2D eigenvalue weighted by Crippen LogP contribution is -2.58. The first-order chi connectivity index (χ1) is 9.58. The number of rotatable bonds is 4. The molecule has 2 N–H and O–H groups in total. The van der Waals surface area contributed by atoms with E-state index in [2.05, 4.69) is 5.32 Å². The largest absolute Gasteiger partial charge is 0.388 e. The van der Waals surface area contributed by atoms with Crippen LogP contribution in [0, 0.1) is 0 Å². The fourth-order valence-electron chi connectivity index (χ4n) is 2.58. The van der Waals surface area contributed by atoms with Crippen molar-refractivity contribution in [3.8, 4) is 0 Å². The van der Waals surface area contributed by atoms with Gasteiger partial charge in [-0.2, -0.15) is 0 Å². The number of piperazine rings is 1. The summed E-state index contributed by atoms with van der Waals surface area (Å²) < 4.78 is 0. The second-order valence-corrected chi connectivity index (χ2v) is 4.95. The summed E-state index contributed by atoms with van der Waals surface area (Å²) in [5.41, 5.74) is 1.52. The van der Waals surface area contributed by atoms with Gasteiger partial charge in [0, 0.05) is 11.3 Å². The maximum Gasteiger partial charge on any atom is 0.249 e. The molecular weight excluding hydrogens is 256 g/mol. The number of imide groups is 1. The molecule has 1 saturated heterocycles. The maximum atomic E-state index is 11.9. The summed E-state index contributed by atoms with van der Waals surface area (Å²) in [6.07, 6.45) is 0.598. The van der Waals surface area contributed by atoms with Crippen molar-refractivity contribution >= 4 is 17.5 Å². The number of amides is 2. The molecule has 0 aliphatic carbocycles. The first-order valence-corrected chi connectivity index (χ1v) is 6.95. The molecule has 5 nitrogen and oxygen atoms in total. The minimum Gasteiger partial charge on any atom is -0.388 e. The molecule has 1 aliphatic heterocycles. The van der Waals surface area contributed by atoms with Crippen LogP contribution in [0.15, 0.2) is 24.3 Å². The van der Waals surface area contributed by atoms with E-state index in [1.54, 1.807) is 4.90 Å². The first kappa shape index (κ1) is 14.5. The third kappa shape index (κ3) is 2.67. The molecule has 1 heterocycles. The van der Waals surface area contributed by atoms with Gasteiger partial charge in [-0.3, -0.25) is 14.9 Å². The van der Waals surface area contributed by atoms with Crippen LogP contribution in [0.25, 0.3) is 0 Å². The van der Waals surface area contributed by atoms with Gasteiger partial charge in [0.05, 0.1) is 12.6 Å². The minimum absolute atomic E-state index is 0.137. The molecule has 0 aromatic heterocycles. The lowest BCUT2D eigenvalue weighted by Gasteiger charge is -2.36. The normalized spacial score (nSPS) is 20.8. The van der Waals surface area contributed by atoms with Crippen LogP contribution in [-0.4, -0.2) is 29.5 Å². The molecule has 0 bridgehead atoms. The van der Waals surface area contributed by atoms with Crippen molar-refractivity contribution < 1.29 is 14.7 Å². The molecule has 2 atom stereocenters. The van der Waals surface area contributed by atoms with Crippen molar-refractivity contribution in [2.75, 3.05) is 11.4 Å². The van der Waals surface area contributed by atoms with Gasteiger partial charge >= 0.3 is 0 Å². The number of benzene rings is 1. The highest BCUT2D eigenvalue weighted by Crippen LogP contribution is 2.30. The van der Waals surface area contributed by atoms with Crippen molar-refractivity contribution in [3.05, 3.63) is 29.8 Å². The number of aliphatic hydroxyl groups excluding tert-OH is 1. The summed E-state index contributed by atoms with van der Waals surface area (Å²) in [4.78, 5) is 25.4. The van der Waals surface area contributed by atoms with Gasteiger partial charge in [0.2, 0.25) is 11.8 Å². The summed E-state index contributed by atoms with van der Waals surface area (Å²) in [6.45, 7) is 3.94. The average molecular weight is 276 g/mol. The van der Waals surface area contributed by atoms with E-state index in [1.807, 2.05) is 38.1 Å². The van der Waals surface area contributed by atoms with Crippen molar-refractivity contribution in [1.82, 2.24) is 5.32 Å². The highest BCUT2D eigenvalue weighted by Gasteiger charge is 2.33. The van der Waals surface area contributed by atoms with Crippen LogP contribution in [0.2, 0.25) is 0 Å². The lowest BCUT2D eigenvalue weighted by atomic mass is 10.0. The third-order valence-electron chi connectivity index (χ3n) is 3.63. The third-order valence-corrected chi connectivity index (χ3v) is 3.63. The monoisotopic (exact) mass is 276 g/mol. The van der Waals surface area contributed by atoms with Crippen molar-refractivity contribution in [3.63, 3.8) is 0 Å². The van der Waals surface area contributed by atoms with Crippen molar-refractivity contribution in [1.29, 1.82) is 0 Å². The Morgan fingerprint density at radius 2 is 2.05 bits per heavy atom. The van der Waals surface area contributed by atoms with Gasteiger partial charge in [0.1, 0.15) is 6.04 Å². The maximum absolute atomic E-state index is 11.9. The van der Waals surface area contributed by atoms with E-state index < -0.39 is 6.10 Å². The van der Waals surface area contributed by atoms with Crippen molar-refractivity contribution in [2.45, 2.75) is 38.8 Å². The molecule has 2 unspecified atom stereocenters. The molecule has 2 amide bonds. The standard InChI is InChI=1S/C15H20N2O3/c1-3-11-15(20)16-14(19)9-17(11)12-8-6-5-7-10(12)13(18)4-2/h5-8,11,13,18H,3-4,9H2,1-2H3,(H,16,19,20). The average Bonchev–Trinajstić information content (AvgIpc) is 2.45. The van der Waals surface area contributed by atoms with Gasteiger partial charge < -0.3 is 10.0 Å². The van der Waals surface area contributed by atoms with Crippen LogP contribution in [-0.2, 0) is 9.59 Å². The molecule has 0 radical (unpaired) electrons. The summed E-state index contributed by atoms with van der Waals surface area (Å²) in [6, 6.07) is 7.02. The Bertz CT molecular complexity index is 516. The zero-order chi connectivity index (χ0) is 14.7. The molecule has 108 valence electrons. The molecule has 0 spiro atoms. The summed E-state index contributed by atoms with van der Waals surface area (Å²) in [5.74, 6) is -0.579. The molecule has 5 heteroatoms. The summed E-state index contributed by atoms with van der Waals surface area (Å²) in [7, 11) is 0. The van der Waals surface area contributed by atoms with Crippen LogP contribution in [0.1, 0.15) is 38.4 Å². The number of aliphatic hydroxyl groups is 1. The molecule has 1 fully saturated rings. The fraction of sp³-hybridized carbons (Fsp3) is 0.467. The predicted molar refractivity (Wildman–Crippen MR) is 76.3 cm³/mol. The molecule has 0 saturated carbocycles. The quantitative estimate of drug-likeness (QED) is 0.815. The number of carbonyl (C=O) groups is 2. The minimum atomic E-state index is -0.594. The molecule has 1 aromatic rings. The highest BCUT2D eigenvalue weighted by atomic mass is 16.3. The Hall–Kier alpha value is -1.88. The van der Waals surface area contributed by atoms with E-state index in [0.717, 1.165) is 11.3 Å². The zero-order valence-electron chi connectivity index (χ0n) is 11.8. The summed E-state index contributed by atoms with van der Waals surface area (Å²) in [5, 5.41) is 12.5. The van der Waals surface area contributed by atoms with Gasteiger partial charge in [-0.05, 0) is 18.9 Å². The van der Waals surface area contributed by atoms with E-state index in [4.69, 9.17) is 0 Å². The van der Waals surface area contributed by atoms with Gasteiger partial charge in [-0.25, -0.2) is 0 Å². The van der Waals surface area contributed by atoms with Gasteiger partial charge in [-0.15, -0.1) is 0 Å². The predicted octanol–water partition coefficient (Wildman–Crippen LogP) is 1.37. The number of para-hydroxylation sites is 1. The molecule has 20 heavy (non-hydrogen) atoms. The van der Waals surface area contributed by atoms with E-state index >= 15 is 0 Å². The molecule has 1 aromatic carbocycles. The Labute approximate surface area is 118 Å². The second kappa shape index (κ2) is 6.05. The number of anilines is 1. The molecule has 2 rings (SSSR count). The van der Waals surface area contributed by atoms with Gasteiger partial charge in [-0.1, -0.05) is 32.0 Å². The lowest BCUT2D eigenvalue weighted by molar-refractivity contribution is -0.132. The van der Waals surface area contributed by atoms with E-state index in [-0.39, 0.29) is 24.4 Å². The topological polar surface area (TPSA) is 69.6 Å². The number of nitrogens with zero attached hydrogens (tertiary/aromatic N) is 1. The smallest absolute Gasteiger partial charge is 0.249 e. The number of hydrogen-bond donors (Lipinski definition) is 2. The van der Waals surface area contributed by atoms with Crippen LogP contribution in [0.3, 0.4) is 0 Å². The fourth-order valence-corrected chi connectivity index (χ4v) is 2.58. The van der Waals surface area contributed by atoms with Gasteiger partial charge in [0.25, 0.3) is 0 Å². The van der Waals surface area contributed by atoms with Crippen LogP contribution >= 0.6 is 0 Å². The Balaban J connectivity index is 2.42. The molecule has 1 aliphatic rings. The van der Waals surface area contributed by atoms with E-state index in [1.165, 1.54) is 0 Å². The van der Waals surface area contributed by atoms with Gasteiger partial charge in [0.15, 0.2) is 0 Å². The van der Waals surface area contributed by atoms with Crippen LogP contribution in [0.4, 0.5) is 5.69 Å². The van der Waals surface area contributed by atoms with E-state index in [0.29, 0.717) is 12.8 Å².